The van der Waals surface area contributed by atoms with Gasteiger partial charge in [0.2, 0.25) is 0 Å². The molecule has 1 fully saturated rings. The van der Waals surface area contributed by atoms with E-state index in [2.05, 4.69) is 16.0 Å². The van der Waals surface area contributed by atoms with Crippen molar-refractivity contribution in [3.8, 4) is 0 Å². The van der Waals surface area contributed by atoms with Crippen molar-refractivity contribution in [2.45, 2.75) is 6.10 Å². The molecular formula is C17H12Cl2N2O2S. The summed E-state index contributed by atoms with van der Waals surface area (Å²) in [6, 6.07) is 12.8. The highest BCUT2D eigenvalue weighted by molar-refractivity contribution is 7.22. The molecule has 0 saturated carbocycles. The lowest BCUT2D eigenvalue weighted by molar-refractivity contribution is 0.0234. The number of carbonyl (C=O) groups excluding carboxylic acids is 1. The molecule has 0 unspecified atom stereocenters. The maximum Gasteiger partial charge on any atom is 0.340 e. The average molecular weight is 379 g/mol. The van der Waals surface area contributed by atoms with E-state index in [4.69, 9.17) is 27.9 Å². The molecular weight excluding hydrogens is 367 g/mol. The van der Waals surface area contributed by atoms with E-state index >= 15 is 0 Å². The van der Waals surface area contributed by atoms with Crippen molar-refractivity contribution in [3.05, 3.63) is 58.1 Å². The highest BCUT2D eigenvalue weighted by Crippen LogP contribution is 2.32. The van der Waals surface area contributed by atoms with Gasteiger partial charge < -0.3 is 9.64 Å². The number of aromatic nitrogens is 1. The summed E-state index contributed by atoms with van der Waals surface area (Å²) in [6.45, 7) is 1.27. The van der Waals surface area contributed by atoms with Crippen LogP contribution in [0.4, 0.5) is 5.13 Å². The number of ether oxygens (including phenoxy) is 1. The third-order valence-electron chi connectivity index (χ3n) is 3.83. The smallest absolute Gasteiger partial charge is 0.340 e. The van der Waals surface area contributed by atoms with Crippen molar-refractivity contribution in [2.24, 2.45) is 0 Å². The number of anilines is 1. The lowest BCUT2D eigenvalue weighted by Crippen LogP contribution is -2.53. The molecule has 1 aliphatic heterocycles. The van der Waals surface area contributed by atoms with E-state index in [0.29, 0.717) is 28.7 Å². The van der Waals surface area contributed by atoms with E-state index in [-0.39, 0.29) is 6.10 Å². The number of benzene rings is 2. The van der Waals surface area contributed by atoms with Gasteiger partial charge in [0.05, 0.1) is 33.9 Å². The van der Waals surface area contributed by atoms with Crippen LogP contribution in [0.5, 0.6) is 0 Å². The lowest BCUT2D eigenvalue weighted by Gasteiger charge is -2.38. The zero-order chi connectivity index (χ0) is 16.7. The molecule has 0 N–H and O–H groups in total. The number of hydrogen-bond acceptors (Lipinski definition) is 5. The number of thiazole rings is 1. The Bertz CT molecular complexity index is 889. The molecule has 7 heteroatoms. The number of carbonyl (C=O) groups is 1. The van der Waals surface area contributed by atoms with Crippen LogP contribution in [0.2, 0.25) is 10.0 Å². The van der Waals surface area contributed by atoms with Crippen molar-refractivity contribution in [1.82, 2.24) is 4.98 Å². The van der Waals surface area contributed by atoms with Gasteiger partial charge in [-0.1, -0.05) is 46.7 Å². The summed E-state index contributed by atoms with van der Waals surface area (Å²) in [5.41, 5.74) is 1.32. The summed E-state index contributed by atoms with van der Waals surface area (Å²) in [7, 11) is 0. The van der Waals surface area contributed by atoms with Gasteiger partial charge in [0.25, 0.3) is 0 Å². The molecule has 4 nitrogen and oxygen atoms in total. The molecule has 0 atom stereocenters. The summed E-state index contributed by atoms with van der Waals surface area (Å²) in [6.07, 6.45) is -0.156. The Kier molecular flexibility index (Phi) is 4.08. The third kappa shape index (κ3) is 2.95. The Morgan fingerprint density at radius 1 is 1.21 bits per heavy atom. The van der Waals surface area contributed by atoms with Crippen LogP contribution in [-0.4, -0.2) is 30.1 Å². The molecule has 2 aromatic carbocycles. The van der Waals surface area contributed by atoms with E-state index in [1.165, 1.54) is 6.07 Å². The zero-order valence-electron chi connectivity index (χ0n) is 12.4. The van der Waals surface area contributed by atoms with Crippen molar-refractivity contribution in [1.29, 1.82) is 0 Å². The van der Waals surface area contributed by atoms with E-state index in [1.54, 1.807) is 23.5 Å². The number of halogens is 2. The molecule has 0 radical (unpaired) electrons. The Balaban J connectivity index is 1.39. The Labute approximate surface area is 152 Å². The first-order valence-electron chi connectivity index (χ1n) is 7.37. The zero-order valence-corrected chi connectivity index (χ0v) is 14.7. The van der Waals surface area contributed by atoms with Crippen LogP contribution < -0.4 is 4.90 Å². The van der Waals surface area contributed by atoms with Gasteiger partial charge in [-0.2, -0.15) is 0 Å². The molecule has 0 amide bonds. The Morgan fingerprint density at radius 3 is 2.75 bits per heavy atom. The quantitative estimate of drug-likeness (QED) is 0.622. The van der Waals surface area contributed by atoms with Crippen molar-refractivity contribution in [3.63, 3.8) is 0 Å². The first kappa shape index (κ1) is 15.7. The minimum atomic E-state index is -0.425. The fraction of sp³-hybridized carbons (Fsp3) is 0.176. The molecule has 0 aliphatic carbocycles. The molecule has 3 aromatic rings. The topological polar surface area (TPSA) is 42.4 Å². The Hall–Kier alpha value is -1.82. The summed E-state index contributed by atoms with van der Waals surface area (Å²) >= 11 is 13.5. The average Bonchev–Trinajstić information content (AvgIpc) is 2.93. The fourth-order valence-electron chi connectivity index (χ4n) is 2.53. The first-order chi connectivity index (χ1) is 11.6. The number of para-hydroxylation sites is 1. The molecule has 2 heterocycles. The highest BCUT2D eigenvalue weighted by Gasteiger charge is 2.32. The minimum Gasteiger partial charge on any atom is -0.455 e. The monoisotopic (exact) mass is 378 g/mol. The maximum atomic E-state index is 12.2. The summed E-state index contributed by atoms with van der Waals surface area (Å²) < 4.78 is 6.64. The van der Waals surface area contributed by atoms with Gasteiger partial charge in [-0.3, -0.25) is 0 Å². The SMILES string of the molecule is O=C(OC1CN(c2nc3ccccc3s2)C1)c1ccc(Cl)cc1Cl. The second kappa shape index (κ2) is 6.24. The van der Waals surface area contributed by atoms with Gasteiger partial charge in [-0.05, 0) is 30.3 Å². The molecule has 1 aliphatic rings. The van der Waals surface area contributed by atoms with Crippen molar-refractivity contribution < 1.29 is 9.53 Å². The van der Waals surface area contributed by atoms with Crippen LogP contribution in [-0.2, 0) is 4.74 Å². The molecule has 0 spiro atoms. The molecule has 0 bridgehead atoms. The van der Waals surface area contributed by atoms with E-state index in [1.807, 2.05) is 18.2 Å². The van der Waals surface area contributed by atoms with Gasteiger partial charge in [0, 0.05) is 5.02 Å². The van der Waals surface area contributed by atoms with Crippen LogP contribution in [0.15, 0.2) is 42.5 Å². The van der Waals surface area contributed by atoms with E-state index < -0.39 is 5.97 Å². The summed E-state index contributed by atoms with van der Waals surface area (Å²) in [5, 5.41) is 1.74. The van der Waals surface area contributed by atoms with Gasteiger partial charge >= 0.3 is 5.97 Å². The number of nitrogens with zero attached hydrogens (tertiary/aromatic N) is 2. The fourth-order valence-corrected chi connectivity index (χ4v) is 4.00. The molecule has 1 saturated heterocycles. The number of fused-ring (bicyclic) bond motifs is 1. The minimum absolute atomic E-state index is 0.156. The van der Waals surface area contributed by atoms with Gasteiger partial charge in [-0.15, -0.1) is 0 Å². The van der Waals surface area contributed by atoms with Crippen molar-refractivity contribution in [2.75, 3.05) is 18.0 Å². The summed E-state index contributed by atoms with van der Waals surface area (Å²) in [5.74, 6) is -0.425. The second-order valence-corrected chi connectivity index (χ2v) is 7.37. The van der Waals surface area contributed by atoms with E-state index in [0.717, 1.165) is 15.3 Å². The van der Waals surface area contributed by atoms with Gasteiger partial charge in [0.1, 0.15) is 6.10 Å². The van der Waals surface area contributed by atoms with Gasteiger partial charge in [0.15, 0.2) is 5.13 Å². The standard InChI is InChI=1S/C17H12Cl2N2O2S/c18-10-5-6-12(13(19)7-10)16(22)23-11-8-21(9-11)17-20-14-3-1-2-4-15(14)24-17/h1-7,11H,8-9H2. The third-order valence-corrected chi connectivity index (χ3v) is 5.47. The predicted octanol–water partition coefficient (Wildman–Crippen LogP) is 4.65. The Morgan fingerprint density at radius 2 is 2.00 bits per heavy atom. The number of hydrogen-bond donors (Lipinski definition) is 0. The van der Waals surface area contributed by atoms with Gasteiger partial charge in [-0.25, -0.2) is 9.78 Å². The van der Waals surface area contributed by atoms with Crippen LogP contribution in [0, 0.1) is 0 Å². The molecule has 1 aromatic heterocycles. The normalized spacial score (nSPS) is 14.7. The molecule has 122 valence electrons. The van der Waals surface area contributed by atoms with Crippen molar-refractivity contribution >= 4 is 55.9 Å². The molecule has 24 heavy (non-hydrogen) atoms. The second-order valence-electron chi connectivity index (χ2n) is 5.52. The molecule has 4 rings (SSSR count). The largest absolute Gasteiger partial charge is 0.455 e. The highest BCUT2D eigenvalue weighted by atomic mass is 35.5. The van der Waals surface area contributed by atoms with Crippen LogP contribution in [0.25, 0.3) is 10.2 Å². The van der Waals surface area contributed by atoms with Crippen LogP contribution in [0.1, 0.15) is 10.4 Å². The lowest BCUT2D eigenvalue weighted by atomic mass is 10.2. The number of rotatable bonds is 3. The van der Waals surface area contributed by atoms with Crippen LogP contribution >= 0.6 is 34.5 Å². The first-order valence-corrected chi connectivity index (χ1v) is 8.94. The number of esters is 1. The van der Waals surface area contributed by atoms with E-state index in [9.17, 15) is 4.79 Å². The van der Waals surface area contributed by atoms with Crippen LogP contribution in [0.3, 0.4) is 0 Å². The maximum absolute atomic E-state index is 12.2. The predicted molar refractivity (Wildman–Crippen MR) is 97.5 cm³/mol. The summed E-state index contributed by atoms with van der Waals surface area (Å²) in [4.78, 5) is 18.9.